The third-order valence-electron chi connectivity index (χ3n) is 4.71. The van der Waals surface area contributed by atoms with E-state index in [1.54, 1.807) is 0 Å². The van der Waals surface area contributed by atoms with Crippen molar-refractivity contribution in [3.05, 3.63) is 0 Å². The molecule has 2 rings (SSSR count). The maximum absolute atomic E-state index is 14.4. The number of halogens is 1. The second kappa shape index (κ2) is 4.30. The average molecular weight is 262 g/mol. The van der Waals surface area contributed by atoms with Gasteiger partial charge in [-0.3, -0.25) is 0 Å². The minimum Gasteiger partial charge on any atom is -0.405 e. The molecule has 0 aromatic rings. The van der Waals surface area contributed by atoms with E-state index in [2.05, 4.69) is 20.8 Å². The van der Waals surface area contributed by atoms with Gasteiger partial charge in [0.15, 0.2) is 14.0 Å². The van der Waals surface area contributed by atoms with E-state index in [0.29, 0.717) is 6.42 Å². The predicted octanol–water partition coefficient (Wildman–Crippen LogP) is 2.25. The number of hydrogen-bond acceptors (Lipinski definition) is 3. The lowest BCUT2D eigenvalue weighted by molar-refractivity contribution is -0.0265. The van der Waals surface area contributed by atoms with E-state index in [0.717, 1.165) is 18.1 Å². The van der Waals surface area contributed by atoms with Crippen LogP contribution < -0.4 is 0 Å². The molecular weight excluding hydrogens is 239 g/mol. The molecule has 1 aliphatic heterocycles. The Morgan fingerprint density at radius 3 is 2.35 bits per heavy atom. The summed E-state index contributed by atoms with van der Waals surface area (Å²) < 4.78 is 26.0. The number of fused-ring (bicyclic) bond motifs is 1. The zero-order chi connectivity index (χ0) is 12.7. The highest BCUT2D eigenvalue weighted by atomic mass is 28.4. The standard InChI is InChI=1S/C12H23FO3Si/c1-4-17(5-2,6-3)16-12-8-11(12,13)9-15-10(12)7-14/h10,14H,4-9H2,1-3H3/t10-,11?,12?/m1/s1. The van der Waals surface area contributed by atoms with Gasteiger partial charge in [0.05, 0.1) is 13.2 Å². The number of aliphatic hydroxyl groups is 1. The van der Waals surface area contributed by atoms with E-state index in [9.17, 15) is 9.50 Å². The van der Waals surface area contributed by atoms with Crippen molar-refractivity contribution in [2.24, 2.45) is 0 Å². The summed E-state index contributed by atoms with van der Waals surface area (Å²) in [5.41, 5.74) is -2.16. The number of aliphatic hydroxyl groups excluding tert-OH is 1. The smallest absolute Gasteiger partial charge is 0.193 e. The third-order valence-corrected chi connectivity index (χ3v) is 9.37. The first-order valence-corrected chi connectivity index (χ1v) is 9.16. The number of hydrogen-bond donors (Lipinski definition) is 1. The molecule has 0 amide bonds. The quantitative estimate of drug-likeness (QED) is 0.746. The lowest BCUT2D eigenvalue weighted by Crippen LogP contribution is -2.47. The zero-order valence-corrected chi connectivity index (χ0v) is 12.0. The molecule has 0 radical (unpaired) electrons. The number of rotatable bonds is 6. The lowest BCUT2D eigenvalue weighted by atomic mass is 10.2. The Kier molecular flexibility index (Phi) is 3.40. The van der Waals surface area contributed by atoms with Gasteiger partial charge in [0.25, 0.3) is 0 Å². The second-order valence-electron chi connectivity index (χ2n) is 5.36. The van der Waals surface area contributed by atoms with Gasteiger partial charge < -0.3 is 14.3 Å². The molecule has 0 aromatic heterocycles. The molecule has 1 saturated heterocycles. The minimum absolute atomic E-state index is 0.0832. The van der Waals surface area contributed by atoms with Crippen LogP contribution in [0.25, 0.3) is 0 Å². The molecule has 3 atom stereocenters. The third kappa shape index (κ3) is 1.79. The summed E-state index contributed by atoms with van der Waals surface area (Å²) in [6.45, 7) is 6.32. The Labute approximate surface area is 103 Å². The van der Waals surface area contributed by atoms with E-state index >= 15 is 0 Å². The van der Waals surface area contributed by atoms with Crippen molar-refractivity contribution in [1.82, 2.24) is 0 Å². The highest BCUT2D eigenvalue weighted by Crippen LogP contribution is 2.62. The Bertz CT molecular complexity index is 289. The van der Waals surface area contributed by atoms with Gasteiger partial charge in [-0.1, -0.05) is 20.8 Å². The molecule has 3 nitrogen and oxygen atoms in total. The lowest BCUT2D eigenvalue weighted by Gasteiger charge is -2.35. The van der Waals surface area contributed by atoms with Gasteiger partial charge in [0.2, 0.25) is 0 Å². The maximum atomic E-state index is 14.4. The molecule has 2 unspecified atom stereocenters. The van der Waals surface area contributed by atoms with Crippen LogP contribution in [0.4, 0.5) is 4.39 Å². The molecule has 1 aliphatic carbocycles. The molecule has 0 spiro atoms. The summed E-state index contributed by atoms with van der Waals surface area (Å²) in [6.07, 6.45) is -0.0657. The SMILES string of the molecule is CC[Si](CC)(CC)OC12CC1(F)CO[C@@H]2CO. The average Bonchev–Trinajstić information content (AvgIpc) is 2.84. The molecule has 0 bridgehead atoms. The van der Waals surface area contributed by atoms with Crippen molar-refractivity contribution in [2.45, 2.75) is 62.7 Å². The van der Waals surface area contributed by atoms with E-state index in [4.69, 9.17) is 9.16 Å². The molecular formula is C12H23FO3Si. The Morgan fingerprint density at radius 2 is 1.94 bits per heavy atom. The summed E-state index contributed by atoms with van der Waals surface area (Å²) in [4.78, 5) is 0. The largest absolute Gasteiger partial charge is 0.405 e. The van der Waals surface area contributed by atoms with Crippen molar-refractivity contribution in [2.75, 3.05) is 13.2 Å². The van der Waals surface area contributed by atoms with Crippen LogP contribution in [-0.4, -0.2) is 44.0 Å². The van der Waals surface area contributed by atoms with Crippen molar-refractivity contribution < 1.29 is 18.7 Å². The topological polar surface area (TPSA) is 38.7 Å². The summed E-state index contributed by atoms with van der Waals surface area (Å²) in [7, 11) is -1.85. The van der Waals surface area contributed by atoms with Gasteiger partial charge in [-0.15, -0.1) is 0 Å². The monoisotopic (exact) mass is 262 g/mol. The molecule has 2 fully saturated rings. The molecule has 0 aromatic carbocycles. The first-order valence-electron chi connectivity index (χ1n) is 6.63. The number of alkyl halides is 1. The van der Waals surface area contributed by atoms with Crippen molar-refractivity contribution in [3.63, 3.8) is 0 Å². The summed E-state index contributed by atoms with van der Waals surface area (Å²) in [5.74, 6) is 0. The van der Waals surface area contributed by atoms with E-state index in [1.807, 2.05) is 0 Å². The molecule has 5 heteroatoms. The first-order chi connectivity index (χ1) is 8.01. The van der Waals surface area contributed by atoms with Gasteiger partial charge in [-0.2, -0.15) is 0 Å². The molecule has 1 heterocycles. The highest BCUT2D eigenvalue weighted by molar-refractivity contribution is 6.73. The van der Waals surface area contributed by atoms with Gasteiger partial charge in [0.1, 0.15) is 11.7 Å². The fourth-order valence-corrected chi connectivity index (χ4v) is 6.15. The van der Waals surface area contributed by atoms with Gasteiger partial charge in [0, 0.05) is 6.42 Å². The van der Waals surface area contributed by atoms with Crippen LogP contribution in [0.1, 0.15) is 27.2 Å². The van der Waals surface area contributed by atoms with E-state index in [-0.39, 0.29) is 13.2 Å². The predicted molar refractivity (Wildman–Crippen MR) is 66.3 cm³/mol. The van der Waals surface area contributed by atoms with Crippen LogP contribution in [0.15, 0.2) is 0 Å². The molecule has 17 heavy (non-hydrogen) atoms. The van der Waals surface area contributed by atoms with Crippen LogP contribution in [-0.2, 0) is 9.16 Å². The van der Waals surface area contributed by atoms with Gasteiger partial charge in [-0.25, -0.2) is 4.39 Å². The van der Waals surface area contributed by atoms with Gasteiger partial charge >= 0.3 is 0 Å². The van der Waals surface area contributed by atoms with Crippen LogP contribution >= 0.6 is 0 Å². The highest BCUT2D eigenvalue weighted by Gasteiger charge is 2.79. The van der Waals surface area contributed by atoms with Crippen LogP contribution in [0.2, 0.25) is 18.1 Å². The van der Waals surface area contributed by atoms with E-state index in [1.165, 1.54) is 0 Å². The first kappa shape index (κ1) is 13.5. The van der Waals surface area contributed by atoms with Gasteiger partial charge in [-0.05, 0) is 18.1 Å². The Balaban J connectivity index is 2.17. The fraction of sp³-hybridized carbons (Fsp3) is 1.00. The van der Waals surface area contributed by atoms with Crippen molar-refractivity contribution in [3.8, 4) is 0 Å². The number of ether oxygens (including phenoxy) is 1. The summed E-state index contributed by atoms with van der Waals surface area (Å²) in [5, 5.41) is 9.30. The molecule has 2 aliphatic rings. The molecule has 100 valence electrons. The van der Waals surface area contributed by atoms with Crippen molar-refractivity contribution in [1.29, 1.82) is 0 Å². The minimum atomic E-state index is -1.85. The summed E-state index contributed by atoms with van der Waals surface area (Å²) >= 11 is 0. The van der Waals surface area contributed by atoms with Crippen LogP contribution in [0.3, 0.4) is 0 Å². The zero-order valence-electron chi connectivity index (χ0n) is 11.0. The molecule has 1 N–H and O–H groups in total. The Hall–Kier alpha value is 0.0269. The maximum Gasteiger partial charge on any atom is 0.193 e. The normalized spacial score (nSPS) is 40.4. The second-order valence-corrected chi connectivity index (χ2v) is 10.1. The molecule has 1 saturated carbocycles. The fourth-order valence-electron chi connectivity index (χ4n) is 3.06. The van der Waals surface area contributed by atoms with Crippen LogP contribution in [0.5, 0.6) is 0 Å². The Morgan fingerprint density at radius 1 is 1.35 bits per heavy atom. The van der Waals surface area contributed by atoms with Crippen LogP contribution in [0, 0.1) is 0 Å². The summed E-state index contributed by atoms with van der Waals surface area (Å²) in [6, 6.07) is 2.99. The van der Waals surface area contributed by atoms with E-state index < -0.39 is 25.7 Å². The van der Waals surface area contributed by atoms with Crippen molar-refractivity contribution >= 4 is 8.32 Å².